The number of nitrogens with zero attached hydrogens (tertiary/aromatic N) is 3. The molecule has 0 aliphatic carbocycles. The van der Waals surface area contributed by atoms with Crippen molar-refractivity contribution in [2.75, 3.05) is 12.0 Å². The highest BCUT2D eigenvalue weighted by atomic mass is 19.1. The van der Waals surface area contributed by atoms with Gasteiger partial charge in [-0.15, -0.1) is 0 Å². The van der Waals surface area contributed by atoms with Crippen molar-refractivity contribution >= 4 is 11.6 Å². The van der Waals surface area contributed by atoms with Crippen molar-refractivity contribution in [3.8, 4) is 5.75 Å². The van der Waals surface area contributed by atoms with Gasteiger partial charge in [0, 0.05) is 37.1 Å². The fourth-order valence-corrected chi connectivity index (χ4v) is 2.49. The molecular weight excluding hydrogens is 329 g/mol. The molecule has 7 nitrogen and oxygen atoms in total. The van der Waals surface area contributed by atoms with Crippen LogP contribution in [0.1, 0.15) is 13.8 Å². The number of hydrogen-bond donors (Lipinski definition) is 0. The van der Waals surface area contributed by atoms with E-state index < -0.39 is 23.0 Å². The number of methoxy groups -OCH3 is 1. The zero-order valence-corrected chi connectivity index (χ0v) is 14.5. The number of halogens is 1. The molecule has 0 saturated carbocycles. The average Bonchev–Trinajstić information content (AvgIpc) is 2.55. The summed E-state index contributed by atoms with van der Waals surface area (Å²) >= 11 is 0. The molecule has 0 aliphatic heterocycles. The minimum atomic E-state index is -0.592. The predicted molar refractivity (Wildman–Crippen MR) is 91.5 cm³/mol. The summed E-state index contributed by atoms with van der Waals surface area (Å²) in [7, 11) is 2.69. The highest BCUT2D eigenvalue weighted by Gasteiger charge is 2.21. The molecule has 0 aliphatic rings. The highest BCUT2D eigenvalue weighted by Crippen LogP contribution is 2.25. The Morgan fingerprint density at radius 3 is 2.52 bits per heavy atom. The number of ether oxygens (including phenoxy) is 1. The van der Waals surface area contributed by atoms with Gasteiger partial charge in [0.1, 0.15) is 6.54 Å². The molecule has 134 valence electrons. The van der Waals surface area contributed by atoms with Crippen LogP contribution in [0.25, 0.3) is 0 Å². The summed E-state index contributed by atoms with van der Waals surface area (Å²) in [4.78, 5) is 37.6. The van der Waals surface area contributed by atoms with Gasteiger partial charge in [0.05, 0.1) is 7.11 Å². The maximum Gasteiger partial charge on any atom is 0.331 e. The molecule has 0 unspecified atom stereocenters. The maximum atomic E-state index is 14.0. The molecule has 2 rings (SSSR count). The molecule has 0 radical (unpaired) electrons. The monoisotopic (exact) mass is 349 g/mol. The van der Waals surface area contributed by atoms with Gasteiger partial charge < -0.3 is 9.64 Å². The number of anilines is 1. The summed E-state index contributed by atoms with van der Waals surface area (Å²) in [5, 5.41) is 0. The van der Waals surface area contributed by atoms with Gasteiger partial charge in [-0.1, -0.05) is 0 Å². The molecule has 1 aromatic carbocycles. The van der Waals surface area contributed by atoms with E-state index in [4.69, 9.17) is 4.74 Å². The van der Waals surface area contributed by atoms with Gasteiger partial charge in [0.15, 0.2) is 11.6 Å². The second-order valence-electron chi connectivity index (χ2n) is 5.80. The quantitative estimate of drug-likeness (QED) is 0.811. The largest absolute Gasteiger partial charge is 0.494 e. The number of amides is 1. The molecule has 2 aromatic rings. The molecular formula is C17H20FN3O4. The van der Waals surface area contributed by atoms with Gasteiger partial charge in [0.2, 0.25) is 5.91 Å². The third-order valence-electron chi connectivity index (χ3n) is 3.76. The maximum absolute atomic E-state index is 14.0. The third kappa shape index (κ3) is 3.78. The molecule has 0 N–H and O–H groups in total. The van der Waals surface area contributed by atoms with E-state index in [-0.39, 0.29) is 18.3 Å². The van der Waals surface area contributed by atoms with Gasteiger partial charge in [0.25, 0.3) is 5.56 Å². The summed E-state index contributed by atoms with van der Waals surface area (Å²) in [6, 6.07) is 5.17. The van der Waals surface area contributed by atoms with Crippen LogP contribution < -0.4 is 20.9 Å². The van der Waals surface area contributed by atoms with Crippen LogP contribution in [0.3, 0.4) is 0 Å². The first-order chi connectivity index (χ1) is 11.8. The molecule has 0 bridgehead atoms. The zero-order chi connectivity index (χ0) is 18.7. The van der Waals surface area contributed by atoms with Gasteiger partial charge in [-0.25, -0.2) is 9.18 Å². The van der Waals surface area contributed by atoms with Crippen LogP contribution in [0, 0.1) is 5.82 Å². The van der Waals surface area contributed by atoms with Crippen molar-refractivity contribution in [3.05, 3.63) is 57.1 Å². The van der Waals surface area contributed by atoms with E-state index in [9.17, 15) is 18.8 Å². The smallest absolute Gasteiger partial charge is 0.331 e. The van der Waals surface area contributed by atoms with E-state index >= 15 is 0 Å². The lowest BCUT2D eigenvalue weighted by atomic mass is 10.2. The number of hydrogen-bond acceptors (Lipinski definition) is 4. The van der Waals surface area contributed by atoms with Crippen molar-refractivity contribution in [1.29, 1.82) is 0 Å². The topological polar surface area (TPSA) is 73.5 Å². The predicted octanol–water partition coefficient (Wildman–Crippen LogP) is 1.14. The normalized spacial score (nSPS) is 10.8. The fourth-order valence-electron chi connectivity index (χ4n) is 2.49. The molecule has 8 heteroatoms. The Balaban J connectivity index is 2.36. The van der Waals surface area contributed by atoms with E-state index in [0.717, 1.165) is 9.13 Å². The summed E-state index contributed by atoms with van der Waals surface area (Å²) in [5.41, 5.74) is -0.687. The van der Waals surface area contributed by atoms with Gasteiger partial charge >= 0.3 is 5.69 Å². The second kappa shape index (κ2) is 7.33. The van der Waals surface area contributed by atoms with E-state index in [1.54, 1.807) is 19.9 Å². The van der Waals surface area contributed by atoms with E-state index in [0.29, 0.717) is 5.69 Å². The summed E-state index contributed by atoms with van der Waals surface area (Å²) < 4.78 is 20.9. The Morgan fingerprint density at radius 1 is 1.28 bits per heavy atom. The second-order valence-corrected chi connectivity index (χ2v) is 5.80. The molecule has 1 aromatic heterocycles. The highest BCUT2D eigenvalue weighted by molar-refractivity contribution is 5.93. The van der Waals surface area contributed by atoms with E-state index in [1.165, 1.54) is 43.5 Å². The lowest BCUT2D eigenvalue weighted by Crippen LogP contribution is -2.43. The minimum Gasteiger partial charge on any atom is -0.494 e. The Morgan fingerprint density at radius 2 is 1.96 bits per heavy atom. The van der Waals surface area contributed by atoms with Crippen LogP contribution >= 0.6 is 0 Å². The Labute approximate surface area is 143 Å². The Kier molecular flexibility index (Phi) is 5.41. The SMILES string of the molecule is COc1ccc(N(C(=O)Cn2ccc(=O)n(C)c2=O)C(C)C)cc1F. The number of aromatic nitrogens is 2. The first-order valence-electron chi connectivity index (χ1n) is 7.68. The Bertz CT molecular complexity index is 901. The van der Waals surface area contributed by atoms with Crippen LogP contribution in [0.5, 0.6) is 5.75 Å². The van der Waals surface area contributed by atoms with Crippen LogP contribution in [0.4, 0.5) is 10.1 Å². The number of carbonyl (C=O) groups is 1. The van der Waals surface area contributed by atoms with Crippen molar-refractivity contribution in [2.24, 2.45) is 7.05 Å². The van der Waals surface area contributed by atoms with Crippen molar-refractivity contribution < 1.29 is 13.9 Å². The molecule has 0 atom stereocenters. The van der Waals surface area contributed by atoms with Gasteiger partial charge in [-0.05, 0) is 26.0 Å². The van der Waals surface area contributed by atoms with Crippen molar-refractivity contribution in [1.82, 2.24) is 9.13 Å². The summed E-state index contributed by atoms with van der Waals surface area (Å²) in [6.45, 7) is 3.30. The molecule has 25 heavy (non-hydrogen) atoms. The third-order valence-corrected chi connectivity index (χ3v) is 3.76. The lowest BCUT2D eigenvalue weighted by molar-refractivity contribution is -0.119. The fraction of sp³-hybridized carbons (Fsp3) is 0.353. The minimum absolute atomic E-state index is 0.0779. The standard InChI is InChI=1S/C17H20FN3O4/c1-11(2)21(12-5-6-14(25-4)13(18)9-12)16(23)10-20-8-7-15(22)19(3)17(20)24/h5-9,11H,10H2,1-4H3. The molecule has 1 heterocycles. The molecule has 1 amide bonds. The summed E-state index contributed by atoms with van der Waals surface area (Å²) in [5.74, 6) is -0.910. The van der Waals surface area contributed by atoms with Gasteiger partial charge in [-0.2, -0.15) is 0 Å². The van der Waals surface area contributed by atoms with Crippen LogP contribution in [0.2, 0.25) is 0 Å². The zero-order valence-electron chi connectivity index (χ0n) is 14.5. The number of benzene rings is 1. The molecule has 0 spiro atoms. The van der Waals surface area contributed by atoms with Crippen LogP contribution in [-0.2, 0) is 18.4 Å². The van der Waals surface area contributed by atoms with E-state index in [2.05, 4.69) is 0 Å². The van der Waals surface area contributed by atoms with Crippen LogP contribution in [0.15, 0.2) is 40.1 Å². The lowest BCUT2D eigenvalue weighted by Gasteiger charge is -2.27. The molecule has 0 fully saturated rings. The summed E-state index contributed by atoms with van der Waals surface area (Å²) in [6.07, 6.45) is 1.27. The average molecular weight is 349 g/mol. The Hall–Kier alpha value is -2.90. The van der Waals surface area contributed by atoms with Crippen molar-refractivity contribution in [3.63, 3.8) is 0 Å². The first-order valence-corrected chi connectivity index (χ1v) is 7.68. The van der Waals surface area contributed by atoms with Crippen molar-refractivity contribution in [2.45, 2.75) is 26.4 Å². The number of carbonyl (C=O) groups excluding carboxylic acids is 1. The first kappa shape index (κ1) is 18.4. The van der Waals surface area contributed by atoms with E-state index in [1.807, 2.05) is 0 Å². The van der Waals surface area contributed by atoms with Crippen LogP contribution in [-0.4, -0.2) is 28.2 Å². The number of rotatable bonds is 5. The molecule has 0 saturated heterocycles. The van der Waals surface area contributed by atoms with Gasteiger partial charge in [-0.3, -0.25) is 18.7 Å².